The monoisotopic (exact) mass is 369 g/mol. The zero-order valence-electron chi connectivity index (χ0n) is 14.5. The van der Waals surface area contributed by atoms with Crippen LogP contribution in [-0.4, -0.2) is 39.9 Å². The summed E-state index contributed by atoms with van der Waals surface area (Å²) in [5.41, 5.74) is 2.30. The van der Waals surface area contributed by atoms with E-state index in [4.69, 9.17) is 0 Å². The Bertz CT molecular complexity index is 794. The summed E-state index contributed by atoms with van der Waals surface area (Å²) in [6.07, 6.45) is -3.44. The third-order valence-corrected chi connectivity index (χ3v) is 3.91. The highest BCUT2D eigenvalue weighted by Crippen LogP contribution is 2.21. The van der Waals surface area contributed by atoms with Gasteiger partial charge in [-0.15, -0.1) is 6.58 Å². The average Bonchev–Trinajstić information content (AvgIpc) is 2.82. The highest BCUT2D eigenvalue weighted by molar-refractivity contribution is 5.79. The lowest BCUT2D eigenvalue weighted by molar-refractivity contribution is -0.159. The van der Waals surface area contributed by atoms with E-state index >= 15 is 0 Å². The van der Waals surface area contributed by atoms with Gasteiger partial charge >= 0.3 is 6.18 Å². The van der Waals surface area contributed by atoms with Gasteiger partial charge in [0.15, 0.2) is 0 Å². The highest BCUT2D eigenvalue weighted by atomic mass is 19.4. The molecule has 0 saturated heterocycles. The van der Waals surface area contributed by atoms with Crippen molar-refractivity contribution in [3.63, 3.8) is 0 Å². The number of alkyl halides is 3. The molecule has 0 saturated carbocycles. The summed E-state index contributed by atoms with van der Waals surface area (Å²) >= 11 is 0. The van der Waals surface area contributed by atoms with Crippen molar-refractivity contribution >= 4 is 5.91 Å². The molecule has 0 fully saturated rings. The van der Waals surface area contributed by atoms with Gasteiger partial charge in [-0.1, -0.05) is 6.08 Å². The molecule has 8 heteroatoms. The summed E-state index contributed by atoms with van der Waals surface area (Å²) < 4.78 is 52.6. The number of rotatable bonds is 6. The average molecular weight is 369 g/mol. The van der Waals surface area contributed by atoms with Crippen molar-refractivity contribution in [3.8, 4) is 5.69 Å². The Labute approximate surface area is 148 Å². The van der Waals surface area contributed by atoms with Crippen molar-refractivity contribution in [2.75, 3.05) is 13.1 Å². The maximum atomic E-state index is 13.1. The summed E-state index contributed by atoms with van der Waals surface area (Å²) in [4.78, 5) is 13.1. The number of hydrogen-bond acceptors (Lipinski definition) is 2. The molecule has 1 heterocycles. The van der Waals surface area contributed by atoms with Crippen LogP contribution >= 0.6 is 0 Å². The Balaban J connectivity index is 2.27. The smallest absolute Gasteiger partial charge is 0.330 e. The normalized spacial score (nSPS) is 11.5. The molecule has 0 spiro atoms. The van der Waals surface area contributed by atoms with E-state index in [0.717, 1.165) is 0 Å². The summed E-state index contributed by atoms with van der Waals surface area (Å²) in [6.45, 7) is 5.27. The Morgan fingerprint density at radius 3 is 2.42 bits per heavy atom. The predicted octanol–water partition coefficient (Wildman–Crippen LogP) is 3.75. The fourth-order valence-electron chi connectivity index (χ4n) is 2.65. The number of halogens is 4. The lowest BCUT2D eigenvalue weighted by atomic mass is 10.1. The summed E-state index contributed by atoms with van der Waals surface area (Å²) in [5, 5.41) is 4.32. The van der Waals surface area contributed by atoms with Gasteiger partial charge in [-0.2, -0.15) is 18.3 Å². The van der Waals surface area contributed by atoms with Crippen LogP contribution in [0.2, 0.25) is 0 Å². The van der Waals surface area contributed by atoms with Crippen LogP contribution in [-0.2, 0) is 11.2 Å². The van der Waals surface area contributed by atoms with Gasteiger partial charge in [0.25, 0.3) is 0 Å². The van der Waals surface area contributed by atoms with Gasteiger partial charge in [0.1, 0.15) is 12.4 Å². The number of aryl methyl sites for hydroxylation is 1. The standard InChI is InChI=1S/C18H19F4N3O/c1-4-9-24(11-18(20,21)22)17(26)10-16-12(2)23-25(13(16)3)15-7-5-14(19)6-8-15/h4-8H,1,9-11H2,2-3H3. The van der Waals surface area contributed by atoms with Crippen molar-refractivity contribution < 1.29 is 22.4 Å². The molecule has 1 aromatic heterocycles. The van der Waals surface area contributed by atoms with E-state index in [0.29, 0.717) is 27.5 Å². The largest absolute Gasteiger partial charge is 0.406 e. The van der Waals surface area contributed by atoms with Crippen LogP contribution in [0, 0.1) is 19.7 Å². The second-order valence-electron chi connectivity index (χ2n) is 5.89. The van der Waals surface area contributed by atoms with Crippen molar-refractivity contribution in [2.24, 2.45) is 0 Å². The first-order valence-electron chi connectivity index (χ1n) is 7.89. The molecular formula is C18H19F4N3O. The lowest BCUT2D eigenvalue weighted by Crippen LogP contribution is -2.40. The molecule has 2 rings (SSSR count). The lowest BCUT2D eigenvalue weighted by Gasteiger charge is -2.22. The van der Waals surface area contributed by atoms with E-state index in [-0.39, 0.29) is 13.0 Å². The molecule has 4 nitrogen and oxygen atoms in total. The first-order valence-corrected chi connectivity index (χ1v) is 7.89. The zero-order valence-corrected chi connectivity index (χ0v) is 14.5. The third-order valence-electron chi connectivity index (χ3n) is 3.91. The fraction of sp³-hybridized carbons (Fsp3) is 0.333. The minimum atomic E-state index is -4.49. The van der Waals surface area contributed by atoms with E-state index in [1.165, 1.54) is 30.3 Å². The molecule has 0 N–H and O–H groups in total. The van der Waals surface area contributed by atoms with Crippen LogP contribution < -0.4 is 0 Å². The van der Waals surface area contributed by atoms with Crippen molar-refractivity contribution in [1.29, 1.82) is 0 Å². The molecule has 0 bridgehead atoms. The Morgan fingerprint density at radius 2 is 1.88 bits per heavy atom. The van der Waals surface area contributed by atoms with Crippen LogP contribution in [0.3, 0.4) is 0 Å². The fourth-order valence-corrected chi connectivity index (χ4v) is 2.65. The van der Waals surface area contributed by atoms with E-state index in [2.05, 4.69) is 11.7 Å². The van der Waals surface area contributed by atoms with Crippen LogP contribution in [0.25, 0.3) is 5.69 Å². The number of benzene rings is 1. The molecule has 1 aromatic carbocycles. The summed E-state index contributed by atoms with van der Waals surface area (Å²) in [5.74, 6) is -1.05. The third kappa shape index (κ3) is 4.71. The van der Waals surface area contributed by atoms with E-state index in [9.17, 15) is 22.4 Å². The van der Waals surface area contributed by atoms with Gasteiger partial charge in [0.2, 0.25) is 5.91 Å². The van der Waals surface area contributed by atoms with Gasteiger partial charge in [0.05, 0.1) is 17.8 Å². The first-order chi connectivity index (χ1) is 12.1. The molecule has 0 unspecified atom stereocenters. The van der Waals surface area contributed by atoms with E-state index in [1.54, 1.807) is 18.5 Å². The molecule has 0 radical (unpaired) electrons. The molecule has 0 aliphatic rings. The second kappa shape index (κ2) is 7.72. The molecule has 0 atom stereocenters. The van der Waals surface area contributed by atoms with Gasteiger partial charge in [0, 0.05) is 17.8 Å². The van der Waals surface area contributed by atoms with Gasteiger partial charge in [-0.3, -0.25) is 4.79 Å². The first kappa shape index (κ1) is 19.7. The van der Waals surface area contributed by atoms with Gasteiger partial charge in [-0.25, -0.2) is 9.07 Å². The molecule has 140 valence electrons. The van der Waals surface area contributed by atoms with Crippen LogP contribution in [0.4, 0.5) is 17.6 Å². The molecule has 26 heavy (non-hydrogen) atoms. The van der Waals surface area contributed by atoms with E-state index < -0.39 is 24.4 Å². The minimum absolute atomic E-state index is 0.192. The second-order valence-corrected chi connectivity index (χ2v) is 5.89. The maximum absolute atomic E-state index is 13.1. The molecular weight excluding hydrogens is 350 g/mol. The number of nitrogens with zero attached hydrogens (tertiary/aromatic N) is 3. The highest BCUT2D eigenvalue weighted by Gasteiger charge is 2.33. The number of hydrogen-bond donors (Lipinski definition) is 0. The molecule has 0 aliphatic carbocycles. The van der Waals surface area contributed by atoms with Crippen LogP contribution in [0.1, 0.15) is 17.0 Å². The molecule has 2 aromatic rings. The summed E-state index contributed by atoms with van der Waals surface area (Å²) in [7, 11) is 0. The number of aromatic nitrogens is 2. The molecule has 1 amide bonds. The van der Waals surface area contributed by atoms with Crippen LogP contribution in [0.15, 0.2) is 36.9 Å². The zero-order chi connectivity index (χ0) is 19.5. The SMILES string of the molecule is C=CCN(CC(F)(F)F)C(=O)Cc1c(C)nn(-c2ccc(F)cc2)c1C. The molecule has 0 aliphatic heterocycles. The Hall–Kier alpha value is -2.64. The topological polar surface area (TPSA) is 38.1 Å². The van der Waals surface area contributed by atoms with Crippen molar-refractivity contribution in [1.82, 2.24) is 14.7 Å². The van der Waals surface area contributed by atoms with Crippen molar-refractivity contribution in [2.45, 2.75) is 26.4 Å². The number of amides is 1. The number of carbonyl (C=O) groups excluding carboxylic acids is 1. The predicted molar refractivity (Wildman–Crippen MR) is 89.5 cm³/mol. The minimum Gasteiger partial charge on any atom is -0.330 e. The van der Waals surface area contributed by atoms with Gasteiger partial charge in [-0.05, 0) is 38.1 Å². The van der Waals surface area contributed by atoms with Crippen LogP contribution in [0.5, 0.6) is 0 Å². The quantitative estimate of drug-likeness (QED) is 0.575. The maximum Gasteiger partial charge on any atom is 0.406 e. The summed E-state index contributed by atoms with van der Waals surface area (Å²) in [6, 6.07) is 5.64. The van der Waals surface area contributed by atoms with E-state index in [1.807, 2.05) is 0 Å². The Kier molecular flexibility index (Phi) is 5.84. The van der Waals surface area contributed by atoms with Gasteiger partial charge < -0.3 is 4.90 Å². The Morgan fingerprint density at radius 1 is 1.27 bits per heavy atom. The van der Waals surface area contributed by atoms with Crippen molar-refractivity contribution in [3.05, 3.63) is 59.7 Å². The number of carbonyl (C=O) groups is 1.